The van der Waals surface area contributed by atoms with Crippen molar-refractivity contribution in [3.63, 3.8) is 0 Å². The molecule has 192 valence electrons. The van der Waals surface area contributed by atoms with Gasteiger partial charge in [0.1, 0.15) is 5.60 Å². The minimum absolute atomic E-state index is 0.153. The second kappa shape index (κ2) is 12.4. The lowest BCUT2D eigenvalue weighted by atomic mass is 9.74. The summed E-state index contributed by atoms with van der Waals surface area (Å²) in [6, 6.07) is 0. The first-order valence-electron chi connectivity index (χ1n) is 12.0. The number of carboxylic acid groups (broad SMARTS) is 1. The van der Waals surface area contributed by atoms with Gasteiger partial charge in [0.15, 0.2) is 26.4 Å². The molecule has 1 aliphatic carbocycles. The van der Waals surface area contributed by atoms with Crippen LogP contribution < -0.4 is 0 Å². The number of hydrogen-bond donors (Lipinski definition) is 1. The summed E-state index contributed by atoms with van der Waals surface area (Å²) in [5, 5.41) is 8.71. The Morgan fingerprint density at radius 3 is 1.94 bits per heavy atom. The summed E-state index contributed by atoms with van der Waals surface area (Å²) in [4.78, 5) is 23.3. The van der Waals surface area contributed by atoms with E-state index < -0.39 is 53.5 Å². The first-order chi connectivity index (χ1) is 14.9. The van der Waals surface area contributed by atoms with Gasteiger partial charge in [-0.2, -0.15) is 0 Å². The van der Waals surface area contributed by atoms with E-state index in [1.165, 1.54) is 6.42 Å². The van der Waals surface area contributed by atoms with Crippen LogP contribution in [0.3, 0.4) is 0 Å². The fraction of sp³-hybridized carbons (Fsp3) is 0.818. The third-order valence-corrected chi connectivity index (χ3v) is 15.5. The molecule has 7 nitrogen and oxygen atoms in total. The number of carbonyl (C=O) groups is 2. The van der Waals surface area contributed by atoms with Crippen LogP contribution in [-0.2, 0) is 26.7 Å². The summed E-state index contributed by atoms with van der Waals surface area (Å²) < 4.78 is 25.1. The molecule has 0 aromatic carbocycles. The van der Waals surface area contributed by atoms with E-state index in [1.54, 1.807) is 0 Å². The molecule has 0 bridgehead atoms. The molecule has 1 atom stereocenters. The molecule has 1 unspecified atom stereocenters. The molecular weight excluding hydrogens is 489 g/mol. The Morgan fingerprint density at radius 2 is 1.48 bits per heavy atom. The molecule has 0 aliphatic heterocycles. The van der Waals surface area contributed by atoms with E-state index in [0.717, 1.165) is 37.8 Å². The van der Waals surface area contributed by atoms with E-state index in [2.05, 4.69) is 53.1 Å². The number of rotatable bonds is 13. The molecule has 1 aliphatic rings. The van der Waals surface area contributed by atoms with Crippen molar-refractivity contribution in [2.75, 3.05) is 0 Å². The normalized spacial score (nSPS) is 18.8. The largest absolute Gasteiger partial charge is 0.478 e. The van der Waals surface area contributed by atoms with E-state index in [-0.39, 0.29) is 11.0 Å². The number of esters is 1. The van der Waals surface area contributed by atoms with Crippen molar-refractivity contribution in [1.82, 2.24) is 0 Å². The van der Waals surface area contributed by atoms with Gasteiger partial charge in [-0.1, -0.05) is 33.1 Å². The third-order valence-electron chi connectivity index (χ3n) is 5.50. The zero-order valence-corrected chi connectivity index (χ0v) is 26.7. The van der Waals surface area contributed by atoms with E-state index in [1.807, 2.05) is 6.92 Å². The smallest absolute Gasteiger partial charge is 0.452 e. The van der Waals surface area contributed by atoms with Crippen molar-refractivity contribution < 1.29 is 31.8 Å². The predicted octanol–water partition coefficient (Wildman–Crippen LogP) is 4.62. The average Bonchev–Trinajstić information content (AvgIpc) is 2.62. The van der Waals surface area contributed by atoms with Gasteiger partial charge < -0.3 is 22.2 Å². The summed E-state index contributed by atoms with van der Waals surface area (Å²) in [7, 11) is -6.90. The maximum absolute atomic E-state index is 12.5. The monoisotopic (exact) mass is 534 g/mol. The summed E-state index contributed by atoms with van der Waals surface area (Å²) in [6.45, 7) is 19.3. The molecule has 0 saturated heterocycles. The molecule has 1 N–H and O–H groups in total. The van der Waals surface area contributed by atoms with Crippen molar-refractivity contribution in [2.24, 2.45) is 5.92 Å². The van der Waals surface area contributed by atoms with Crippen molar-refractivity contribution in [1.29, 1.82) is 0 Å². The fourth-order valence-electron chi connectivity index (χ4n) is 4.34. The van der Waals surface area contributed by atoms with Crippen LogP contribution in [0.5, 0.6) is 0 Å². The van der Waals surface area contributed by atoms with E-state index >= 15 is 0 Å². The highest BCUT2D eigenvalue weighted by Crippen LogP contribution is 2.44. The Hall–Kier alpha value is -0.572. The molecule has 1 saturated carbocycles. The van der Waals surface area contributed by atoms with Gasteiger partial charge in [-0.15, -0.1) is 0 Å². The Kier molecular flexibility index (Phi) is 11.5. The standard InChI is InChI=1S/C22H46O7Si4/c1-21(2,30-27-31(28-32(4,5)6)29-33(7,8)9)17-22(3,18-13-11-10-12-14-18)26-20(25)16-15-19(23)24/h15-16,18,31H,10-14,17,30H2,1-9H3,(H,23,24)/b16-15+. The lowest BCUT2D eigenvalue weighted by molar-refractivity contribution is -0.161. The number of ether oxygens (including phenoxy) is 1. The minimum Gasteiger partial charge on any atom is -0.478 e. The zero-order chi connectivity index (χ0) is 25.5. The molecule has 0 heterocycles. The highest BCUT2D eigenvalue weighted by atomic mass is 28.5. The lowest BCUT2D eigenvalue weighted by Gasteiger charge is -2.43. The van der Waals surface area contributed by atoms with Crippen molar-refractivity contribution in [3.05, 3.63) is 12.2 Å². The van der Waals surface area contributed by atoms with Crippen molar-refractivity contribution in [2.45, 2.75) is 109 Å². The highest BCUT2D eigenvalue weighted by Gasteiger charge is 2.43. The van der Waals surface area contributed by atoms with E-state index in [4.69, 9.17) is 22.2 Å². The van der Waals surface area contributed by atoms with Crippen LogP contribution in [0.4, 0.5) is 0 Å². The van der Waals surface area contributed by atoms with Crippen molar-refractivity contribution >= 4 is 47.9 Å². The van der Waals surface area contributed by atoms with Crippen LogP contribution in [0.2, 0.25) is 44.3 Å². The van der Waals surface area contributed by atoms with Gasteiger partial charge in [0, 0.05) is 12.2 Å². The average molecular weight is 535 g/mol. The van der Waals surface area contributed by atoms with Gasteiger partial charge in [-0.25, -0.2) is 9.59 Å². The zero-order valence-electron chi connectivity index (χ0n) is 22.2. The van der Waals surface area contributed by atoms with E-state index in [9.17, 15) is 9.59 Å². The predicted molar refractivity (Wildman–Crippen MR) is 142 cm³/mol. The Morgan fingerprint density at radius 1 is 0.970 bits per heavy atom. The summed E-state index contributed by atoms with van der Waals surface area (Å²) in [6.07, 6.45) is 8.00. The summed E-state index contributed by atoms with van der Waals surface area (Å²) in [5.41, 5.74) is -0.670. The molecule has 0 spiro atoms. The van der Waals surface area contributed by atoms with Crippen LogP contribution in [0, 0.1) is 5.92 Å². The topological polar surface area (TPSA) is 91.3 Å². The molecule has 0 aromatic rings. The van der Waals surface area contributed by atoms with Gasteiger partial charge in [-0.05, 0) is 76.4 Å². The molecular formula is C22H46O7Si4. The lowest BCUT2D eigenvalue weighted by Crippen LogP contribution is -2.48. The maximum Gasteiger partial charge on any atom is 0.452 e. The second-order valence-corrected chi connectivity index (χ2v) is 26.6. The SMILES string of the molecule is CC(C)(CC(C)(OC(=O)/C=C/C(=O)O)C1CCCCC1)[SiH2]O[SiH](O[Si](C)(C)C)O[Si](C)(C)C. The van der Waals surface area contributed by atoms with Crippen LogP contribution >= 0.6 is 0 Å². The minimum atomic E-state index is -2.24. The summed E-state index contributed by atoms with van der Waals surface area (Å²) >= 11 is 0. The molecule has 1 fully saturated rings. The van der Waals surface area contributed by atoms with Gasteiger partial charge in [-0.3, -0.25) is 0 Å². The molecule has 11 heteroatoms. The Bertz CT molecular complexity index is 663. The second-order valence-electron chi connectivity index (χ2n) is 12.1. The maximum atomic E-state index is 12.5. The highest BCUT2D eigenvalue weighted by molar-refractivity contribution is 6.80. The molecule has 1 rings (SSSR count). The van der Waals surface area contributed by atoms with Crippen LogP contribution in [0.1, 0.15) is 59.3 Å². The molecule has 0 amide bonds. The number of carboxylic acids is 1. The molecule has 0 aromatic heterocycles. The van der Waals surface area contributed by atoms with Gasteiger partial charge >= 0.3 is 21.5 Å². The fourth-order valence-corrected chi connectivity index (χ4v) is 14.3. The Labute approximate surface area is 206 Å². The van der Waals surface area contributed by atoms with Crippen molar-refractivity contribution in [3.8, 4) is 0 Å². The van der Waals surface area contributed by atoms with Gasteiger partial charge in [0.2, 0.25) is 0 Å². The van der Waals surface area contributed by atoms with Crippen LogP contribution in [0.25, 0.3) is 0 Å². The molecule has 0 radical (unpaired) electrons. The Balaban J connectivity index is 2.98. The van der Waals surface area contributed by atoms with E-state index in [0.29, 0.717) is 6.42 Å². The van der Waals surface area contributed by atoms with Crippen LogP contribution in [0.15, 0.2) is 12.2 Å². The molecule has 33 heavy (non-hydrogen) atoms. The van der Waals surface area contributed by atoms with Gasteiger partial charge in [0.25, 0.3) is 0 Å². The van der Waals surface area contributed by atoms with Crippen LogP contribution in [-0.4, -0.2) is 58.6 Å². The number of hydrogen-bond acceptors (Lipinski definition) is 6. The number of aliphatic carboxylic acids is 1. The number of carbonyl (C=O) groups excluding carboxylic acids is 1. The first-order valence-corrected chi connectivity index (χ1v) is 21.5. The first kappa shape index (κ1) is 30.5. The quantitative estimate of drug-likeness (QED) is 0.209. The third kappa shape index (κ3) is 13.2. The van der Waals surface area contributed by atoms with Gasteiger partial charge in [0.05, 0.1) is 0 Å². The summed E-state index contributed by atoms with van der Waals surface area (Å²) in [5.74, 6) is -1.50.